The molecule has 0 aromatic heterocycles. The Bertz CT molecular complexity index is 291. The Morgan fingerprint density at radius 3 is 1.48 bits per heavy atom. The molecule has 1 atom stereocenters. The van der Waals surface area contributed by atoms with Crippen molar-refractivity contribution in [2.24, 2.45) is 0 Å². The maximum Gasteiger partial charge on any atom is 0.262 e. The molecule has 0 saturated carbocycles. The molecule has 0 bridgehead atoms. The zero-order valence-electron chi connectivity index (χ0n) is 16.2. The molecule has 7 heteroatoms. The normalized spacial score (nSPS) is 12.6. The van der Waals surface area contributed by atoms with Crippen LogP contribution in [0.4, 0.5) is 0 Å². The molecule has 0 aliphatic carbocycles. The first-order chi connectivity index (χ1) is 11.8. The van der Waals surface area contributed by atoms with Crippen LogP contribution in [0.25, 0.3) is 0 Å². The molecule has 6 nitrogen and oxygen atoms in total. The van der Waals surface area contributed by atoms with Gasteiger partial charge in [-0.25, -0.2) is 0 Å². The predicted molar refractivity (Wildman–Crippen MR) is 101 cm³/mol. The van der Waals surface area contributed by atoms with Crippen LogP contribution in [0.1, 0.15) is 103 Å². The van der Waals surface area contributed by atoms with Crippen molar-refractivity contribution in [2.75, 3.05) is 6.54 Å². The van der Waals surface area contributed by atoms with Crippen molar-refractivity contribution in [2.45, 2.75) is 109 Å². The van der Waals surface area contributed by atoms with E-state index in [0.717, 1.165) is 19.4 Å². The largest absolute Gasteiger partial charge is 0.756 e. The number of aliphatic hydroxyl groups excluding tert-OH is 1. The molecule has 0 aliphatic heterocycles. The number of quaternary nitrogens is 1. The first-order valence-corrected chi connectivity index (χ1v) is 11.6. The van der Waals surface area contributed by atoms with Crippen molar-refractivity contribution in [1.29, 1.82) is 0 Å². The minimum absolute atomic E-state index is 0.0329. The Labute approximate surface area is 154 Å². The van der Waals surface area contributed by atoms with Crippen molar-refractivity contribution in [1.82, 2.24) is 0 Å². The fourth-order valence-electron chi connectivity index (χ4n) is 2.75. The third-order valence-corrected chi connectivity index (χ3v) is 4.18. The molecule has 0 radical (unpaired) electrons. The molecule has 0 rings (SSSR count). The topological polar surface area (TPSA) is 128 Å². The number of hydrogen-bond donors (Lipinski definition) is 4. The number of hydrogen-bond acceptors (Lipinski definition) is 3. The zero-order chi connectivity index (χ0) is 19.4. The second-order valence-corrected chi connectivity index (χ2v) is 7.80. The fourth-order valence-corrected chi connectivity index (χ4v) is 2.75. The molecule has 0 fully saturated rings. The fraction of sp³-hybridized carbons (Fsp3) is 1.00. The van der Waals surface area contributed by atoms with Gasteiger partial charge in [-0.1, -0.05) is 77.6 Å². The highest BCUT2D eigenvalue weighted by molar-refractivity contribution is 7.43. The summed E-state index contributed by atoms with van der Waals surface area (Å²) in [5.41, 5.74) is 3.87. The summed E-state index contributed by atoms with van der Waals surface area (Å²) >= 11 is 0. The molecule has 0 heterocycles. The Morgan fingerprint density at radius 1 is 0.800 bits per heavy atom. The molecule has 0 aliphatic rings. The third-order valence-electron chi connectivity index (χ3n) is 4.18. The van der Waals surface area contributed by atoms with Gasteiger partial charge in [0.2, 0.25) is 0 Å². The number of unbranched alkanes of at least 4 members (excludes halogenated alkanes) is 11. The quantitative estimate of drug-likeness (QED) is 0.241. The molecule has 0 amide bonds. The summed E-state index contributed by atoms with van der Waals surface area (Å²) in [6, 6.07) is 0. The molecule has 154 valence electrons. The smallest absolute Gasteiger partial charge is 0.262 e. The average molecular weight is 384 g/mol. The van der Waals surface area contributed by atoms with E-state index >= 15 is 0 Å². The molecule has 0 aromatic carbocycles. The summed E-state index contributed by atoms with van der Waals surface area (Å²) in [5.74, 6) is 0. The van der Waals surface area contributed by atoms with Crippen LogP contribution >= 0.6 is 7.82 Å². The summed E-state index contributed by atoms with van der Waals surface area (Å²) in [6.45, 7) is 3.33. The molecule has 6 N–H and O–H groups in total. The van der Waals surface area contributed by atoms with Crippen LogP contribution in [0.3, 0.4) is 0 Å². The summed E-state index contributed by atoms with van der Waals surface area (Å²) in [6.07, 6.45) is 19.3. The third kappa shape index (κ3) is 35.9. The Kier molecular flexibility index (Phi) is 22.2. The number of aliphatic hydroxyl groups is 1. The van der Waals surface area contributed by atoms with Crippen molar-refractivity contribution in [3.05, 3.63) is 0 Å². The molecule has 0 spiro atoms. The lowest BCUT2D eigenvalue weighted by Crippen LogP contribution is -2.50. The maximum absolute atomic E-state index is 9.87. The summed E-state index contributed by atoms with van der Waals surface area (Å²) in [7, 11) is -4.89. The van der Waals surface area contributed by atoms with Gasteiger partial charge in [-0.05, 0) is 25.7 Å². The van der Waals surface area contributed by atoms with Crippen LogP contribution in [-0.4, -0.2) is 27.5 Å². The van der Waals surface area contributed by atoms with Crippen LogP contribution in [-0.2, 0) is 4.57 Å². The predicted octanol–water partition coefficient (Wildman–Crippen LogP) is 2.90. The van der Waals surface area contributed by atoms with Crippen molar-refractivity contribution in [3.8, 4) is 0 Å². The highest BCUT2D eigenvalue weighted by atomic mass is 31.2. The highest BCUT2D eigenvalue weighted by Crippen LogP contribution is 2.19. The van der Waals surface area contributed by atoms with Gasteiger partial charge in [-0.15, -0.1) is 0 Å². The van der Waals surface area contributed by atoms with Gasteiger partial charge < -0.3 is 25.5 Å². The average Bonchev–Trinajstić information content (AvgIpc) is 2.52. The van der Waals surface area contributed by atoms with E-state index < -0.39 is 7.82 Å². The molecule has 25 heavy (non-hydrogen) atoms. The SMILES string of the molecule is CCCCCCC(O)CCCCCCCCCCC[NH3+].O=P([O-])(O)O. The van der Waals surface area contributed by atoms with Crippen LogP contribution in [0, 0.1) is 0 Å². The maximum atomic E-state index is 9.87. The van der Waals surface area contributed by atoms with E-state index in [1.807, 2.05) is 0 Å². The minimum Gasteiger partial charge on any atom is -0.756 e. The van der Waals surface area contributed by atoms with E-state index in [-0.39, 0.29) is 6.10 Å². The van der Waals surface area contributed by atoms with E-state index in [4.69, 9.17) is 19.2 Å². The number of phosphoric acid groups is 1. The van der Waals surface area contributed by atoms with Crippen LogP contribution < -0.4 is 10.6 Å². The van der Waals surface area contributed by atoms with Gasteiger partial charge in [0.25, 0.3) is 7.82 Å². The van der Waals surface area contributed by atoms with Gasteiger partial charge in [-0.2, -0.15) is 0 Å². The molecule has 0 aromatic rings. The first kappa shape index (κ1) is 27.3. The first-order valence-electron chi connectivity index (χ1n) is 10.0. The van der Waals surface area contributed by atoms with Crippen molar-refractivity contribution in [3.63, 3.8) is 0 Å². The standard InChI is InChI=1S/C18H39NO.H3O4P/c1-2-3-4-12-15-18(20)16-13-10-8-6-5-7-9-11-14-17-19;1-5(2,3)4/h18,20H,2-17,19H2,1H3;(H3,1,2,3,4). The van der Waals surface area contributed by atoms with E-state index in [2.05, 4.69) is 12.7 Å². The monoisotopic (exact) mass is 383 g/mol. The van der Waals surface area contributed by atoms with E-state index in [0.29, 0.717) is 0 Å². The van der Waals surface area contributed by atoms with Gasteiger partial charge in [0.05, 0.1) is 12.6 Å². The lowest BCUT2D eigenvalue weighted by Gasteiger charge is -2.10. The van der Waals surface area contributed by atoms with Gasteiger partial charge in [0, 0.05) is 0 Å². The van der Waals surface area contributed by atoms with E-state index in [1.165, 1.54) is 83.5 Å². The van der Waals surface area contributed by atoms with Crippen LogP contribution in [0.5, 0.6) is 0 Å². The zero-order valence-corrected chi connectivity index (χ0v) is 17.1. The van der Waals surface area contributed by atoms with Gasteiger partial charge in [-0.3, -0.25) is 4.57 Å². The van der Waals surface area contributed by atoms with Crippen LogP contribution in [0.15, 0.2) is 0 Å². The Hall–Kier alpha value is 0.0300. The van der Waals surface area contributed by atoms with E-state index in [1.54, 1.807) is 0 Å². The Balaban J connectivity index is 0. The summed E-state index contributed by atoms with van der Waals surface area (Å²) < 4.78 is 8.77. The molecule has 0 saturated heterocycles. The van der Waals surface area contributed by atoms with Crippen molar-refractivity contribution >= 4 is 7.82 Å². The van der Waals surface area contributed by atoms with Crippen LogP contribution in [0.2, 0.25) is 0 Å². The van der Waals surface area contributed by atoms with Gasteiger partial charge in [0.15, 0.2) is 0 Å². The van der Waals surface area contributed by atoms with Crippen molar-refractivity contribution < 1.29 is 30.1 Å². The second kappa shape index (κ2) is 20.3. The molecule has 1 unspecified atom stereocenters. The minimum atomic E-state index is -4.89. The Morgan fingerprint density at radius 2 is 1.12 bits per heavy atom. The van der Waals surface area contributed by atoms with Gasteiger partial charge >= 0.3 is 0 Å². The lowest BCUT2D eigenvalue weighted by molar-refractivity contribution is -0.368. The van der Waals surface area contributed by atoms with Gasteiger partial charge in [0.1, 0.15) is 0 Å². The molecular weight excluding hydrogens is 341 g/mol. The second-order valence-electron chi connectivity index (χ2n) is 6.82. The molecular formula is C18H42NO5P. The lowest BCUT2D eigenvalue weighted by atomic mass is 10.0. The van der Waals surface area contributed by atoms with E-state index in [9.17, 15) is 5.11 Å². The number of rotatable bonds is 16. The summed E-state index contributed by atoms with van der Waals surface area (Å²) in [4.78, 5) is 22.9. The highest BCUT2D eigenvalue weighted by Gasteiger charge is 2.03. The summed E-state index contributed by atoms with van der Waals surface area (Å²) in [5, 5.41) is 9.87.